The van der Waals surface area contributed by atoms with Gasteiger partial charge in [0.25, 0.3) is 0 Å². The molecular formula is C16H20N4O. The van der Waals surface area contributed by atoms with Crippen LogP contribution in [0.5, 0.6) is 0 Å². The minimum atomic E-state index is 0.0792. The standard InChI is InChI=1S/C16H20N4O/c1-10-5-11(2)7-14(6-10)20(4)15-9-13(16(17)19-21)8-12(3)18-15/h5-9,21H,1-4H3,(H2,17,19). The van der Waals surface area contributed by atoms with Crippen LogP contribution in [0.25, 0.3) is 0 Å². The van der Waals surface area contributed by atoms with E-state index in [2.05, 4.69) is 42.2 Å². The third kappa shape index (κ3) is 3.31. The summed E-state index contributed by atoms with van der Waals surface area (Å²) in [4.78, 5) is 6.51. The van der Waals surface area contributed by atoms with Crippen molar-refractivity contribution < 1.29 is 5.21 Å². The van der Waals surface area contributed by atoms with Crippen LogP contribution >= 0.6 is 0 Å². The van der Waals surface area contributed by atoms with Crippen LogP contribution in [0, 0.1) is 20.8 Å². The first-order chi connectivity index (χ1) is 9.90. The molecule has 0 aliphatic rings. The number of oxime groups is 1. The second-order valence-corrected chi connectivity index (χ2v) is 5.25. The fraction of sp³-hybridized carbons (Fsp3) is 0.250. The average molecular weight is 284 g/mol. The summed E-state index contributed by atoms with van der Waals surface area (Å²) in [5.41, 5.74) is 10.6. The molecule has 5 nitrogen and oxygen atoms in total. The fourth-order valence-electron chi connectivity index (χ4n) is 2.31. The molecule has 0 fully saturated rings. The molecule has 0 spiro atoms. The number of amidine groups is 1. The van der Waals surface area contributed by atoms with E-state index in [1.165, 1.54) is 11.1 Å². The van der Waals surface area contributed by atoms with Crippen LogP contribution < -0.4 is 10.6 Å². The summed E-state index contributed by atoms with van der Waals surface area (Å²) < 4.78 is 0. The van der Waals surface area contributed by atoms with Gasteiger partial charge in [0.2, 0.25) is 0 Å². The monoisotopic (exact) mass is 284 g/mol. The number of benzene rings is 1. The number of rotatable bonds is 3. The summed E-state index contributed by atoms with van der Waals surface area (Å²) in [6.45, 7) is 6.01. The number of hydrogen-bond donors (Lipinski definition) is 2. The number of aryl methyl sites for hydroxylation is 3. The van der Waals surface area contributed by atoms with E-state index in [0.29, 0.717) is 5.56 Å². The van der Waals surface area contributed by atoms with Gasteiger partial charge in [0.15, 0.2) is 5.84 Å². The molecule has 0 saturated carbocycles. The molecule has 0 bridgehead atoms. The van der Waals surface area contributed by atoms with Crippen molar-refractivity contribution in [1.29, 1.82) is 0 Å². The third-order valence-electron chi connectivity index (χ3n) is 3.28. The number of hydrogen-bond acceptors (Lipinski definition) is 4. The van der Waals surface area contributed by atoms with Crippen molar-refractivity contribution in [2.45, 2.75) is 20.8 Å². The molecule has 1 aromatic heterocycles. The van der Waals surface area contributed by atoms with E-state index in [0.717, 1.165) is 17.2 Å². The third-order valence-corrected chi connectivity index (χ3v) is 3.28. The van der Waals surface area contributed by atoms with Crippen LogP contribution in [0.15, 0.2) is 35.5 Å². The van der Waals surface area contributed by atoms with Crippen LogP contribution in [-0.2, 0) is 0 Å². The van der Waals surface area contributed by atoms with Crippen molar-refractivity contribution in [2.24, 2.45) is 10.9 Å². The topological polar surface area (TPSA) is 74.7 Å². The smallest absolute Gasteiger partial charge is 0.170 e. The lowest BCUT2D eigenvalue weighted by atomic mass is 10.1. The molecule has 21 heavy (non-hydrogen) atoms. The van der Waals surface area contributed by atoms with Crippen molar-refractivity contribution in [3.63, 3.8) is 0 Å². The highest BCUT2D eigenvalue weighted by Crippen LogP contribution is 2.25. The SMILES string of the molecule is Cc1cc(C)cc(N(C)c2cc(/C(N)=N/O)cc(C)n2)c1. The first-order valence-electron chi connectivity index (χ1n) is 6.69. The maximum absolute atomic E-state index is 8.83. The minimum absolute atomic E-state index is 0.0792. The van der Waals surface area contributed by atoms with Crippen LogP contribution in [0.4, 0.5) is 11.5 Å². The first-order valence-corrected chi connectivity index (χ1v) is 6.69. The Labute approximate surface area is 124 Å². The predicted octanol–water partition coefficient (Wildman–Crippen LogP) is 2.87. The lowest BCUT2D eigenvalue weighted by Crippen LogP contribution is -2.17. The van der Waals surface area contributed by atoms with Crippen LogP contribution in [0.2, 0.25) is 0 Å². The lowest BCUT2D eigenvalue weighted by Gasteiger charge is -2.20. The predicted molar refractivity (Wildman–Crippen MR) is 85.5 cm³/mol. The van der Waals surface area contributed by atoms with Crippen molar-refractivity contribution in [1.82, 2.24) is 4.98 Å². The number of anilines is 2. The second kappa shape index (κ2) is 5.83. The molecule has 5 heteroatoms. The van der Waals surface area contributed by atoms with Gasteiger partial charge in [-0.3, -0.25) is 0 Å². The van der Waals surface area contributed by atoms with E-state index in [-0.39, 0.29) is 5.84 Å². The zero-order valence-corrected chi connectivity index (χ0v) is 12.8. The largest absolute Gasteiger partial charge is 0.409 e. The Balaban J connectivity index is 2.47. The van der Waals surface area contributed by atoms with Crippen molar-refractivity contribution in [2.75, 3.05) is 11.9 Å². The zero-order chi connectivity index (χ0) is 15.6. The summed E-state index contributed by atoms with van der Waals surface area (Å²) >= 11 is 0. The first kappa shape index (κ1) is 14.8. The van der Waals surface area contributed by atoms with E-state index in [1.807, 2.05) is 18.9 Å². The molecule has 110 valence electrons. The van der Waals surface area contributed by atoms with Gasteiger partial charge in [0.1, 0.15) is 5.82 Å². The fourth-order valence-corrected chi connectivity index (χ4v) is 2.31. The van der Waals surface area contributed by atoms with Gasteiger partial charge in [-0.15, -0.1) is 0 Å². The van der Waals surface area contributed by atoms with Gasteiger partial charge in [0.05, 0.1) is 0 Å². The van der Waals surface area contributed by atoms with Gasteiger partial charge in [-0.1, -0.05) is 11.2 Å². The molecule has 1 aromatic carbocycles. The van der Waals surface area contributed by atoms with Gasteiger partial charge in [-0.25, -0.2) is 4.98 Å². The van der Waals surface area contributed by atoms with E-state index >= 15 is 0 Å². The Morgan fingerprint density at radius 2 is 1.71 bits per heavy atom. The Hall–Kier alpha value is -2.56. The van der Waals surface area contributed by atoms with Crippen LogP contribution in [-0.4, -0.2) is 23.1 Å². The average Bonchev–Trinajstić information content (AvgIpc) is 2.43. The quantitative estimate of drug-likeness (QED) is 0.393. The number of nitrogens with zero attached hydrogens (tertiary/aromatic N) is 3. The van der Waals surface area contributed by atoms with Crippen molar-refractivity contribution >= 4 is 17.3 Å². The van der Waals surface area contributed by atoms with Crippen molar-refractivity contribution in [3.8, 4) is 0 Å². The summed E-state index contributed by atoms with van der Waals surface area (Å²) in [6.07, 6.45) is 0. The molecule has 0 aliphatic heterocycles. The molecule has 0 amide bonds. The molecular weight excluding hydrogens is 264 g/mol. The Morgan fingerprint density at radius 3 is 2.29 bits per heavy atom. The molecule has 3 N–H and O–H groups in total. The molecule has 0 aliphatic carbocycles. The molecule has 1 heterocycles. The zero-order valence-electron chi connectivity index (χ0n) is 12.8. The summed E-state index contributed by atoms with van der Waals surface area (Å²) in [5, 5.41) is 11.9. The Bertz CT molecular complexity index is 674. The van der Waals surface area contributed by atoms with E-state index in [4.69, 9.17) is 10.9 Å². The van der Waals surface area contributed by atoms with E-state index < -0.39 is 0 Å². The molecule has 0 unspecified atom stereocenters. The van der Waals surface area contributed by atoms with Crippen LogP contribution in [0.1, 0.15) is 22.4 Å². The Morgan fingerprint density at radius 1 is 1.10 bits per heavy atom. The minimum Gasteiger partial charge on any atom is -0.409 e. The van der Waals surface area contributed by atoms with Gasteiger partial charge >= 0.3 is 0 Å². The highest BCUT2D eigenvalue weighted by Gasteiger charge is 2.10. The highest BCUT2D eigenvalue weighted by molar-refractivity contribution is 5.97. The Kier molecular flexibility index (Phi) is 4.12. The molecule has 0 atom stereocenters. The van der Waals surface area contributed by atoms with Gasteiger partial charge in [-0.05, 0) is 56.2 Å². The van der Waals surface area contributed by atoms with Gasteiger partial charge in [-0.2, -0.15) is 0 Å². The number of aromatic nitrogens is 1. The molecule has 2 rings (SSSR count). The lowest BCUT2D eigenvalue weighted by molar-refractivity contribution is 0.318. The molecule has 2 aromatic rings. The van der Waals surface area contributed by atoms with Gasteiger partial charge < -0.3 is 15.8 Å². The summed E-state index contributed by atoms with van der Waals surface area (Å²) in [5.74, 6) is 0.831. The van der Waals surface area contributed by atoms with Crippen molar-refractivity contribution in [3.05, 3.63) is 52.7 Å². The summed E-state index contributed by atoms with van der Waals surface area (Å²) in [6, 6.07) is 9.91. The van der Waals surface area contributed by atoms with E-state index in [9.17, 15) is 0 Å². The maximum Gasteiger partial charge on any atom is 0.170 e. The van der Waals surface area contributed by atoms with Gasteiger partial charge in [0, 0.05) is 24.0 Å². The number of nitrogens with two attached hydrogens (primary N) is 1. The maximum atomic E-state index is 8.83. The normalized spacial score (nSPS) is 11.5. The second-order valence-electron chi connectivity index (χ2n) is 5.25. The highest BCUT2D eigenvalue weighted by atomic mass is 16.4. The number of pyridine rings is 1. The van der Waals surface area contributed by atoms with E-state index in [1.54, 1.807) is 12.1 Å². The molecule has 0 saturated heterocycles. The van der Waals surface area contributed by atoms with Crippen LogP contribution in [0.3, 0.4) is 0 Å². The summed E-state index contributed by atoms with van der Waals surface area (Å²) in [7, 11) is 1.95. The molecule has 0 radical (unpaired) electrons.